The van der Waals surface area contributed by atoms with Crippen molar-refractivity contribution in [2.24, 2.45) is 0 Å². The Morgan fingerprint density at radius 1 is 1.11 bits per heavy atom. The number of rotatable bonds is 2. The van der Waals surface area contributed by atoms with E-state index in [0.717, 1.165) is 22.3 Å². The monoisotopic (exact) mass is 249 g/mol. The summed E-state index contributed by atoms with van der Waals surface area (Å²) in [5.74, 6) is 0.315. The lowest BCUT2D eigenvalue weighted by Gasteiger charge is -2.05. The minimum absolute atomic E-state index is 0.315. The number of aryl methyl sites for hydroxylation is 2. The zero-order valence-corrected chi connectivity index (χ0v) is 11.0. The number of phenols is 1. The van der Waals surface area contributed by atoms with Gasteiger partial charge in [0.25, 0.3) is 0 Å². The van der Waals surface area contributed by atoms with Gasteiger partial charge in [-0.05, 0) is 54.3 Å². The lowest BCUT2D eigenvalue weighted by molar-refractivity contribution is 0.467. The van der Waals surface area contributed by atoms with E-state index < -0.39 is 0 Å². The number of hydrogen-bond donors (Lipinski definition) is 1. The maximum absolute atomic E-state index is 9.75. The van der Waals surface area contributed by atoms with E-state index in [9.17, 15) is 10.4 Å². The Hall–Kier alpha value is -2.53. The van der Waals surface area contributed by atoms with Gasteiger partial charge >= 0.3 is 0 Å². The molecule has 94 valence electrons. The Morgan fingerprint density at radius 2 is 1.68 bits per heavy atom. The van der Waals surface area contributed by atoms with Gasteiger partial charge in [0.05, 0.1) is 11.6 Å². The number of nitriles is 1. The first-order chi connectivity index (χ1) is 9.11. The van der Waals surface area contributed by atoms with Gasteiger partial charge in [-0.15, -0.1) is 0 Å². The molecule has 2 aromatic rings. The molecular formula is C17H15NO. The van der Waals surface area contributed by atoms with Gasteiger partial charge in [0.15, 0.2) is 0 Å². The Balaban J connectivity index is 2.48. The fourth-order valence-corrected chi connectivity index (χ4v) is 2.04. The van der Waals surface area contributed by atoms with Crippen molar-refractivity contribution in [3.8, 4) is 11.8 Å². The molecule has 0 fully saturated rings. The van der Waals surface area contributed by atoms with Gasteiger partial charge in [-0.2, -0.15) is 5.26 Å². The highest BCUT2D eigenvalue weighted by atomic mass is 16.3. The van der Waals surface area contributed by atoms with Gasteiger partial charge < -0.3 is 5.11 Å². The fourth-order valence-electron chi connectivity index (χ4n) is 2.04. The number of benzene rings is 2. The molecule has 2 aromatic carbocycles. The number of hydrogen-bond acceptors (Lipinski definition) is 2. The van der Waals surface area contributed by atoms with Crippen molar-refractivity contribution in [1.29, 1.82) is 5.26 Å². The van der Waals surface area contributed by atoms with E-state index in [-0.39, 0.29) is 0 Å². The lowest BCUT2D eigenvalue weighted by Crippen LogP contribution is -1.85. The zero-order chi connectivity index (χ0) is 13.8. The van der Waals surface area contributed by atoms with E-state index in [1.54, 1.807) is 0 Å². The Labute approximate surface area is 113 Å². The first-order valence-corrected chi connectivity index (χ1v) is 6.09. The molecule has 0 aliphatic heterocycles. The van der Waals surface area contributed by atoms with Crippen LogP contribution in [0.15, 0.2) is 42.5 Å². The van der Waals surface area contributed by atoms with Crippen LogP contribution in [0, 0.1) is 25.2 Å². The quantitative estimate of drug-likeness (QED) is 0.644. The third kappa shape index (κ3) is 2.83. The van der Waals surface area contributed by atoms with Crippen LogP contribution in [0.5, 0.6) is 5.75 Å². The third-order valence-electron chi connectivity index (χ3n) is 3.03. The van der Waals surface area contributed by atoms with Crippen LogP contribution in [0.4, 0.5) is 0 Å². The largest absolute Gasteiger partial charge is 0.507 e. The molecule has 2 rings (SSSR count). The second kappa shape index (κ2) is 5.41. The van der Waals surface area contributed by atoms with Gasteiger partial charge in [0.2, 0.25) is 0 Å². The summed E-state index contributed by atoms with van der Waals surface area (Å²) in [5, 5.41) is 19.0. The maximum Gasteiger partial charge on any atom is 0.121 e. The summed E-state index contributed by atoms with van der Waals surface area (Å²) in [5.41, 5.74) is 4.07. The first-order valence-electron chi connectivity index (χ1n) is 6.09. The standard InChI is InChI=1S/C17H15NO/c1-12-8-14(9-13(2)17(12)19)10-16(11-18)15-6-4-3-5-7-15/h3-10,19H,1-2H3. The van der Waals surface area contributed by atoms with Crippen molar-refractivity contribution in [2.45, 2.75) is 13.8 Å². The normalized spacial score (nSPS) is 11.1. The van der Waals surface area contributed by atoms with Gasteiger partial charge in [0, 0.05) is 0 Å². The molecule has 2 heteroatoms. The summed E-state index contributed by atoms with van der Waals surface area (Å²) in [6.07, 6.45) is 1.84. The molecule has 0 spiro atoms. The van der Waals surface area contributed by atoms with E-state index in [1.807, 2.05) is 62.4 Å². The first kappa shape index (κ1) is 12.9. The van der Waals surface area contributed by atoms with Gasteiger partial charge in [-0.3, -0.25) is 0 Å². The van der Waals surface area contributed by atoms with Gasteiger partial charge in [-0.25, -0.2) is 0 Å². The second-order valence-electron chi connectivity index (χ2n) is 4.54. The molecule has 0 radical (unpaired) electrons. The average molecular weight is 249 g/mol. The number of phenolic OH excluding ortho intramolecular Hbond substituents is 1. The van der Waals surface area contributed by atoms with Crippen molar-refractivity contribution in [3.05, 3.63) is 64.7 Å². The molecule has 0 atom stereocenters. The predicted molar refractivity (Wildman–Crippen MR) is 77.5 cm³/mol. The minimum Gasteiger partial charge on any atom is -0.507 e. The van der Waals surface area contributed by atoms with E-state index in [2.05, 4.69) is 6.07 Å². The maximum atomic E-state index is 9.75. The van der Waals surface area contributed by atoms with Gasteiger partial charge in [-0.1, -0.05) is 30.3 Å². The molecule has 0 heterocycles. The summed E-state index contributed by atoms with van der Waals surface area (Å²) in [6.45, 7) is 3.71. The van der Waals surface area contributed by atoms with Crippen molar-refractivity contribution >= 4 is 11.6 Å². The summed E-state index contributed by atoms with van der Waals surface area (Å²) in [7, 11) is 0. The number of aromatic hydroxyl groups is 1. The van der Waals surface area contributed by atoms with Crippen LogP contribution in [-0.4, -0.2) is 5.11 Å². The van der Waals surface area contributed by atoms with Crippen molar-refractivity contribution in [3.63, 3.8) is 0 Å². The molecule has 0 saturated heterocycles. The van der Waals surface area contributed by atoms with Crippen LogP contribution >= 0.6 is 0 Å². The SMILES string of the molecule is Cc1cc(C=C(C#N)c2ccccc2)cc(C)c1O. The molecular weight excluding hydrogens is 234 g/mol. The lowest BCUT2D eigenvalue weighted by atomic mass is 10.0. The Morgan fingerprint density at radius 3 is 2.21 bits per heavy atom. The van der Waals surface area contributed by atoms with E-state index in [0.29, 0.717) is 11.3 Å². The molecule has 0 saturated carbocycles. The second-order valence-corrected chi connectivity index (χ2v) is 4.54. The fraction of sp³-hybridized carbons (Fsp3) is 0.118. The van der Waals surface area contributed by atoms with Crippen molar-refractivity contribution < 1.29 is 5.11 Å². The Kier molecular flexibility index (Phi) is 3.68. The average Bonchev–Trinajstić information content (AvgIpc) is 2.43. The Bertz CT molecular complexity index is 640. The van der Waals surface area contributed by atoms with Crippen LogP contribution < -0.4 is 0 Å². The van der Waals surface area contributed by atoms with Crippen LogP contribution in [0.25, 0.3) is 11.6 Å². The highest BCUT2D eigenvalue weighted by molar-refractivity contribution is 5.89. The summed E-state index contributed by atoms with van der Waals surface area (Å²) < 4.78 is 0. The van der Waals surface area contributed by atoms with Crippen LogP contribution in [0.1, 0.15) is 22.3 Å². The van der Waals surface area contributed by atoms with E-state index >= 15 is 0 Å². The summed E-state index contributed by atoms with van der Waals surface area (Å²) in [4.78, 5) is 0. The van der Waals surface area contributed by atoms with E-state index in [4.69, 9.17) is 0 Å². The molecule has 19 heavy (non-hydrogen) atoms. The molecule has 0 amide bonds. The predicted octanol–water partition coefficient (Wildman–Crippen LogP) is 4.07. The third-order valence-corrected chi connectivity index (χ3v) is 3.03. The molecule has 0 aromatic heterocycles. The summed E-state index contributed by atoms with van der Waals surface area (Å²) >= 11 is 0. The number of allylic oxidation sites excluding steroid dienone is 1. The highest BCUT2D eigenvalue weighted by Crippen LogP contribution is 2.25. The zero-order valence-electron chi connectivity index (χ0n) is 11.0. The van der Waals surface area contributed by atoms with Crippen LogP contribution in [0.2, 0.25) is 0 Å². The number of nitrogens with zero attached hydrogens (tertiary/aromatic N) is 1. The minimum atomic E-state index is 0.315. The molecule has 1 N–H and O–H groups in total. The van der Waals surface area contributed by atoms with Crippen molar-refractivity contribution in [2.75, 3.05) is 0 Å². The van der Waals surface area contributed by atoms with Gasteiger partial charge in [0.1, 0.15) is 5.75 Å². The molecule has 0 aliphatic carbocycles. The molecule has 0 aliphatic rings. The molecule has 2 nitrogen and oxygen atoms in total. The topological polar surface area (TPSA) is 44.0 Å². The van der Waals surface area contributed by atoms with Crippen LogP contribution in [0.3, 0.4) is 0 Å². The highest BCUT2D eigenvalue weighted by Gasteiger charge is 2.04. The van der Waals surface area contributed by atoms with E-state index in [1.165, 1.54) is 0 Å². The van der Waals surface area contributed by atoms with Crippen molar-refractivity contribution in [1.82, 2.24) is 0 Å². The molecule has 0 unspecified atom stereocenters. The molecule has 0 bridgehead atoms. The summed E-state index contributed by atoms with van der Waals surface area (Å²) in [6, 6.07) is 15.5. The smallest absolute Gasteiger partial charge is 0.121 e. The van der Waals surface area contributed by atoms with Crippen LogP contribution in [-0.2, 0) is 0 Å².